The Balaban J connectivity index is 4.34. The number of amides is 1. The van der Waals surface area contributed by atoms with Gasteiger partial charge in [0.2, 0.25) is 5.91 Å². The molecule has 0 aliphatic heterocycles. The molecule has 0 aliphatic rings. The van der Waals surface area contributed by atoms with Crippen LogP contribution in [-0.2, 0) is 9.59 Å². The first-order valence-electron chi connectivity index (χ1n) is 5.48. The van der Waals surface area contributed by atoms with E-state index in [4.69, 9.17) is 5.11 Å². The molecule has 1 atom stereocenters. The van der Waals surface area contributed by atoms with E-state index in [1.165, 1.54) is 0 Å². The number of carbonyl (C=O) groups is 2. The molecular weight excluding hydrogens is 208 g/mol. The van der Waals surface area contributed by atoms with Gasteiger partial charge in [-0.3, -0.25) is 14.9 Å². The minimum absolute atomic E-state index is 0.0469. The quantitative estimate of drug-likeness (QED) is 0.704. The predicted molar refractivity (Wildman–Crippen MR) is 62.2 cm³/mol. The molecule has 0 aromatic heterocycles. The van der Waals surface area contributed by atoms with Crippen molar-refractivity contribution in [2.45, 2.75) is 45.7 Å². The zero-order valence-electron chi connectivity index (χ0n) is 10.7. The van der Waals surface area contributed by atoms with Crippen molar-refractivity contribution in [1.82, 2.24) is 10.2 Å². The molecule has 16 heavy (non-hydrogen) atoms. The maximum atomic E-state index is 11.6. The first-order chi connectivity index (χ1) is 7.24. The van der Waals surface area contributed by atoms with Gasteiger partial charge >= 0.3 is 5.97 Å². The van der Waals surface area contributed by atoms with E-state index in [0.29, 0.717) is 6.42 Å². The van der Waals surface area contributed by atoms with E-state index in [1.54, 1.807) is 25.8 Å². The lowest BCUT2D eigenvalue weighted by Gasteiger charge is -2.27. The fourth-order valence-corrected chi connectivity index (χ4v) is 1.04. The van der Waals surface area contributed by atoms with E-state index in [9.17, 15) is 9.59 Å². The van der Waals surface area contributed by atoms with Gasteiger partial charge in [0, 0.05) is 13.1 Å². The van der Waals surface area contributed by atoms with Crippen LogP contribution in [0.5, 0.6) is 0 Å². The van der Waals surface area contributed by atoms with Crippen LogP contribution in [0, 0.1) is 0 Å². The summed E-state index contributed by atoms with van der Waals surface area (Å²) in [4.78, 5) is 24.2. The number of carbonyl (C=O) groups excluding carboxylic acids is 1. The van der Waals surface area contributed by atoms with Crippen LogP contribution >= 0.6 is 0 Å². The molecule has 0 saturated heterocycles. The molecule has 0 aromatic carbocycles. The third-order valence-electron chi connectivity index (χ3n) is 2.98. The molecule has 0 spiro atoms. The number of aliphatic carboxylic acids is 1. The Hall–Kier alpha value is -1.10. The summed E-state index contributed by atoms with van der Waals surface area (Å²) >= 11 is 0. The molecular formula is C11H22N2O3. The zero-order valence-corrected chi connectivity index (χ0v) is 10.7. The second kappa shape index (κ2) is 5.84. The molecule has 0 fully saturated rings. The number of likely N-dealkylation sites (N-methyl/N-ethyl adjacent to an activating group) is 1. The summed E-state index contributed by atoms with van der Waals surface area (Å²) in [5.41, 5.74) is -1.03. The van der Waals surface area contributed by atoms with Crippen LogP contribution in [0.3, 0.4) is 0 Å². The topological polar surface area (TPSA) is 69.6 Å². The van der Waals surface area contributed by atoms with Crippen molar-refractivity contribution in [3.8, 4) is 0 Å². The number of carboxylic acids is 1. The van der Waals surface area contributed by atoms with Gasteiger partial charge in [-0.05, 0) is 27.2 Å². The molecule has 94 valence electrons. The third-order valence-corrected chi connectivity index (χ3v) is 2.98. The van der Waals surface area contributed by atoms with Gasteiger partial charge in [-0.2, -0.15) is 0 Å². The highest BCUT2D eigenvalue weighted by molar-refractivity contribution is 5.81. The van der Waals surface area contributed by atoms with Crippen molar-refractivity contribution in [3.05, 3.63) is 0 Å². The molecule has 1 amide bonds. The molecule has 2 N–H and O–H groups in total. The standard InChI is InChI=1S/C11H22N2O3/c1-6-11(4,10(15)16)12-7-9(14)13(5)8(2)3/h8,12H,6-7H2,1-5H3,(H,15,16). The fraction of sp³-hybridized carbons (Fsp3) is 0.818. The molecule has 1 unspecified atom stereocenters. The molecule has 0 bridgehead atoms. The molecule has 5 heteroatoms. The number of carboxylic acid groups (broad SMARTS) is 1. The van der Waals surface area contributed by atoms with Gasteiger partial charge < -0.3 is 10.0 Å². The number of nitrogens with zero attached hydrogens (tertiary/aromatic N) is 1. The van der Waals surface area contributed by atoms with Crippen LogP contribution in [-0.4, -0.2) is 47.1 Å². The van der Waals surface area contributed by atoms with E-state index in [1.807, 2.05) is 13.8 Å². The normalized spacial score (nSPS) is 14.6. The van der Waals surface area contributed by atoms with E-state index in [-0.39, 0.29) is 18.5 Å². The van der Waals surface area contributed by atoms with Crippen molar-refractivity contribution >= 4 is 11.9 Å². The maximum Gasteiger partial charge on any atom is 0.323 e. The predicted octanol–water partition coefficient (Wildman–Crippen LogP) is 0.696. The lowest BCUT2D eigenvalue weighted by Crippen LogP contribution is -2.53. The first kappa shape index (κ1) is 14.9. The zero-order chi connectivity index (χ0) is 12.9. The van der Waals surface area contributed by atoms with Crippen LogP contribution in [0.1, 0.15) is 34.1 Å². The van der Waals surface area contributed by atoms with Gasteiger partial charge in [0.25, 0.3) is 0 Å². The summed E-state index contributed by atoms with van der Waals surface area (Å²) in [7, 11) is 1.71. The van der Waals surface area contributed by atoms with Gasteiger partial charge in [0.15, 0.2) is 0 Å². The molecule has 5 nitrogen and oxygen atoms in total. The highest BCUT2D eigenvalue weighted by Gasteiger charge is 2.31. The average Bonchev–Trinajstić information content (AvgIpc) is 2.23. The molecule has 0 radical (unpaired) electrons. The van der Waals surface area contributed by atoms with Gasteiger partial charge in [0.1, 0.15) is 5.54 Å². The Morgan fingerprint density at radius 1 is 1.44 bits per heavy atom. The Bertz CT molecular complexity index is 266. The highest BCUT2D eigenvalue weighted by atomic mass is 16.4. The molecule has 0 aliphatic carbocycles. The molecule has 0 aromatic rings. The smallest absolute Gasteiger partial charge is 0.323 e. The Morgan fingerprint density at radius 2 is 1.94 bits per heavy atom. The minimum atomic E-state index is -1.03. The van der Waals surface area contributed by atoms with Crippen LogP contribution < -0.4 is 5.32 Å². The number of rotatable bonds is 6. The van der Waals surface area contributed by atoms with Crippen molar-refractivity contribution in [2.24, 2.45) is 0 Å². The second-order valence-electron chi connectivity index (χ2n) is 4.44. The lowest BCUT2D eigenvalue weighted by atomic mass is 9.99. The van der Waals surface area contributed by atoms with Crippen molar-refractivity contribution in [2.75, 3.05) is 13.6 Å². The molecule has 0 saturated carbocycles. The van der Waals surface area contributed by atoms with E-state index in [2.05, 4.69) is 5.32 Å². The summed E-state index contributed by atoms with van der Waals surface area (Å²) in [6, 6.07) is 0.118. The summed E-state index contributed by atoms with van der Waals surface area (Å²) in [6.45, 7) is 7.23. The number of nitrogens with one attached hydrogen (secondary N) is 1. The van der Waals surface area contributed by atoms with E-state index in [0.717, 1.165) is 0 Å². The van der Waals surface area contributed by atoms with Gasteiger partial charge in [0.05, 0.1) is 6.54 Å². The van der Waals surface area contributed by atoms with E-state index < -0.39 is 11.5 Å². The van der Waals surface area contributed by atoms with Crippen molar-refractivity contribution < 1.29 is 14.7 Å². The summed E-state index contributed by atoms with van der Waals surface area (Å²) in [5.74, 6) is -1.04. The van der Waals surface area contributed by atoms with Crippen LogP contribution in [0.4, 0.5) is 0 Å². The SMILES string of the molecule is CCC(C)(NCC(=O)N(C)C(C)C)C(=O)O. The van der Waals surface area contributed by atoms with Crippen molar-refractivity contribution in [3.63, 3.8) is 0 Å². The largest absolute Gasteiger partial charge is 0.480 e. The molecule has 0 heterocycles. The minimum Gasteiger partial charge on any atom is -0.480 e. The third kappa shape index (κ3) is 3.81. The van der Waals surface area contributed by atoms with E-state index >= 15 is 0 Å². The lowest BCUT2D eigenvalue weighted by molar-refractivity contribution is -0.144. The Morgan fingerprint density at radius 3 is 2.25 bits per heavy atom. The van der Waals surface area contributed by atoms with Crippen molar-refractivity contribution in [1.29, 1.82) is 0 Å². The monoisotopic (exact) mass is 230 g/mol. The van der Waals surface area contributed by atoms with Crippen LogP contribution in [0.15, 0.2) is 0 Å². The highest BCUT2D eigenvalue weighted by Crippen LogP contribution is 2.08. The summed E-state index contributed by atoms with van der Waals surface area (Å²) < 4.78 is 0. The number of hydrogen-bond acceptors (Lipinski definition) is 3. The Labute approximate surface area is 96.8 Å². The molecule has 0 rings (SSSR count). The van der Waals surface area contributed by atoms with Crippen LogP contribution in [0.2, 0.25) is 0 Å². The average molecular weight is 230 g/mol. The number of hydrogen-bond donors (Lipinski definition) is 2. The van der Waals surface area contributed by atoms with Gasteiger partial charge in [-0.1, -0.05) is 6.92 Å². The van der Waals surface area contributed by atoms with Gasteiger partial charge in [-0.15, -0.1) is 0 Å². The van der Waals surface area contributed by atoms with Crippen LogP contribution in [0.25, 0.3) is 0 Å². The summed E-state index contributed by atoms with van der Waals surface area (Å²) in [6.07, 6.45) is 0.432. The maximum absolute atomic E-state index is 11.6. The van der Waals surface area contributed by atoms with Gasteiger partial charge in [-0.25, -0.2) is 0 Å². The second-order valence-corrected chi connectivity index (χ2v) is 4.44. The summed E-state index contributed by atoms with van der Waals surface area (Å²) in [5, 5.41) is 11.8. The Kier molecular flexibility index (Phi) is 5.44. The fourth-order valence-electron chi connectivity index (χ4n) is 1.04. The first-order valence-corrected chi connectivity index (χ1v) is 5.48.